The first-order valence-corrected chi connectivity index (χ1v) is 11.4. The van der Waals surface area contributed by atoms with Gasteiger partial charge in [-0.3, -0.25) is 9.78 Å². The second kappa shape index (κ2) is 8.62. The van der Waals surface area contributed by atoms with Crippen LogP contribution in [0.3, 0.4) is 0 Å². The van der Waals surface area contributed by atoms with Gasteiger partial charge in [0, 0.05) is 28.8 Å². The first-order valence-electron chi connectivity index (χ1n) is 10.5. The minimum Gasteiger partial charge on any atom is -0.382 e. The molecule has 1 amide bonds. The molecule has 176 valence electrons. The van der Waals surface area contributed by atoms with Crippen LogP contribution < -0.4 is 11.1 Å². The van der Waals surface area contributed by atoms with Gasteiger partial charge in [0.15, 0.2) is 0 Å². The first-order chi connectivity index (χ1) is 16.7. The number of fused-ring (bicyclic) bond motifs is 2. The van der Waals surface area contributed by atoms with Crippen LogP contribution in [-0.4, -0.2) is 20.9 Å². The fraction of sp³-hybridized carbons (Fsp3) is 0.120. The van der Waals surface area contributed by atoms with E-state index in [9.17, 15) is 18.0 Å². The van der Waals surface area contributed by atoms with Crippen molar-refractivity contribution in [2.45, 2.75) is 19.5 Å². The molecular weight excluding hydrogens is 475 g/mol. The standard InChI is InChI=1S/C25H18F3N5OS/c1-13-5-6-16-17(7-8-30-19(16)10-14-3-2-4-15(9-14)25(26,27)28)20(13)33-24(34)18-11-35-22-21(18)31-12-32-23(22)29/h2-9,11-12H,10H2,1H3,(H,33,34)(H2,29,31,32). The largest absolute Gasteiger partial charge is 0.416 e. The maximum atomic E-state index is 13.2. The molecule has 0 spiro atoms. The van der Waals surface area contributed by atoms with E-state index in [-0.39, 0.29) is 12.3 Å². The second-order valence-electron chi connectivity index (χ2n) is 8.03. The number of rotatable bonds is 4. The average molecular weight is 494 g/mol. The normalized spacial score (nSPS) is 11.8. The molecule has 0 bridgehead atoms. The summed E-state index contributed by atoms with van der Waals surface area (Å²) in [7, 11) is 0. The number of aromatic nitrogens is 3. The van der Waals surface area contributed by atoms with Crippen LogP contribution in [0.4, 0.5) is 24.7 Å². The molecule has 3 aromatic heterocycles. The maximum Gasteiger partial charge on any atom is 0.416 e. The van der Waals surface area contributed by atoms with E-state index in [0.717, 1.165) is 28.5 Å². The van der Waals surface area contributed by atoms with Crippen molar-refractivity contribution in [3.05, 3.63) is 88.3 Å². The van der Waals surface area contributed by atoms with Gasteiger partial charge in [0.25, 0.3) is 5.91 Å². The molecule has 2 aromatic carbocycles. The van der Waals surface area contributed by atoms with E-state index in [2.05, 4.69) is 20.3 Å². The highest BCUT2D eigenvalue weighted by atomic mass is 32.1. The van der Waals surface area contributed by atoms with Crippen LogP contribution in [0.1, 0.15) is 32.7 Å². The van der Waals surface area contributed by atoms with E-state index in [1.54, 1.807) is 23.7 Å². The predicted octanol–water partition coefficient (Wildman–Crippen LogP) is 5.99. The first kappa shape index (κ1) is 22.7. The molecule has 0 saturated carbocycles. The van der Waals surface area contributed by atoms with Gasteiger partial charge >= 0.3 is 6.18 Å². The van der Waals surface area contributed by atoms with E-state index < -0.39 is 11.7 Å². The summed E-state index contributed by atoms with van der Waals surface area (Å²) in [5.41, 5.74) is 8.58. The number of pyridine rings is 1. The number of nitrogens with zero attached hydrogens (tertiary/aromatic N) is 3. The SMILES string of the molecule is Cc1ccc2c(Cc3cccc(C(F)(F)F)c3)nccc2c1NC(=O)c1csc2c(N)ncnc12. The number of alkyl halides is 3. The number of benzene rings is 2. The van der Waals surface area contributed by atoms with Gasteiger partial charge in [-0.05, 0) is 30.2 Å². The Kier molecular flexibility index (Phi) is 5.60. The number of anilines is 2. The Labute approximate surface area is 201 Å². The topological polar surface area (TPSA) is 93.8 Å². The van der Waals surface area contributed by atoms with Crippen molar-refractivity contribution >= 4 is 49.7 Å². The van der Waals surface area contributed by atoms with Gasteiger partial charge in [-0.25, -0.2) is 9.97 Å². The van der Waals surface area contributed by atoms with Gasteiger partial charge < -0.3 is 11.1 Å². The Morgan fingerprint density at radius 2 is 1.91 bits per heavy atom. The molecule has 5 aromatic rings. The third-order valence-corrected chi connectivity index (χ3v) is 6.72. The molecule has 3 N–H and O–H groups in total. The van der Waals surface area contributed by atoms with E-state index >= 15 is 0 Å². The number of halogens is 3. The zero-order valence-electron chi connectivity index (χ0n) is 18.3. The number of carbonyl (C=O) groups is 1. The van der Waals surface area contributed by atoms with Crippen LogP contribution in [0.25, 0.3) is 21.0 Å². The number of hydrogen-bond donors (Lipinski definition) is 2. The van der Waals surface area contributed by atoms with Gasteiger partial charge in [0.05, 0.1) is 32.7 Å². The molecule has 0 unspecified atom stereocenters. The predicted molar refractivity (Wildman–Crippen MR) is 131 cm³/mol. The van der Waals surface area contributed by atoms with Crippen LogP contribution >= 0.6 is 11.3 Å². The molecule has 0 saturated heterocycles. The highest BCUT2D eigenvalue weighted by molar-refractivity contribution is 7.18. The fourth-order valence-corrected chi connectivity index (χ4v) is 4.90. The molecule has 5 rings (SSSR count). The number of hydrogen-bond acceptors (Lipinski definition) is 6. The summed E-state index contributed by atoms with van der Waals surface area (Å²) in [6.45, 7) is 1.87. The third kappa shape index (κ3) is 4.28. The Balaban J connectivity index is 1.52. The molecule has 0 radical (unpaired) electrons. The molecule has 35 heavy (non-hydrogen) atoms. The molecule has 0 aliphatic carbocycles. The van der Waals surface area contributed by atoms with Crippen molar-refractivity contribution in [3.63, 3.8) is 0 Å². The lowest BCUT2D eigenvalue weighted by atomic mass is 9.99. The molecule has 0 atom stereocenters. The van der Waals surface area contributed by atoms with E-state index in [1.807, 2.05) is 19.1 Å². The van der Waals surface area contributed by atoms with Crippen molar-refractivity contribution in [1.29, 1.82) is 0 Å². The summed E-state index contributed by atoms with van der Waals surface area (Å²) in [6.07, 6.45) is -1.30. The van der Waals surface area contributed by atoms with Crippen LogP contribution in [-0.2, 0) is 12.6 Å². The Bertz CT molecular complexity index is 1600. The molecule has 0 aliphatic rings. The van der Waals surface area contributed by atoms with Crippen molar-refractivity contribution in [2.75, 3.05) is 11.1 Å². The summed E-state index contributed by atoms with van der Waals surface area (Å²) in [5, 5.41) is 6.15. The van der Waals surface area contributed by atoms with E-state index in [4.69, 9.17) is 5.73 Å². The zero-order valence-corrected chi connectivity index (χ0v) is 19.2. The van der Waals surface area contributed by atoms with Gasteiger partial charge in [0.1, 0.15) is 12.1 Å². The highest BCUT2D eigenvalue weighted by Crippen LogP contribution is 2.33. The molecule has 10 heteroatoms. The lowest BCUT2D eigenvalue weighted by Crippen LogP contribution is -2.13. The van der Waals surface area contributed by atoms with Crippen molar-refractivity contribution in [1.82, 2.24) is 15.0 Å². The smallest absolute Gasteiger partial charge is 0.382 e. The quantitative estimate of drug-likeness (QED) is 0.321. The monoisotopic (exact) mass is 493 g/mol. The van der Waals surface area contributed by atoms with E-state index in [0.29, 0.717) is 38.5 Å². The summed E-state index contributed by atoms with van der Waals surface area (Å²) >= 11 is 1.29. The summed E-state index contributed by atoms with van der Waals surface area (Å²) in [6, 6.07) is 10.7. The Morgan fingerprint density at radius 1 is 1.09 bits per heavy atom. The second-order valence-corrected chi connectivity index (χ2v) is 8.90. The minimum absolute atomic E-state index is 0.211. The molecular formula is C25H18F3N5OS. The number of nitrogen functional groups attached to an aromatic ring is 1. The minimum atomic E-state index is -4.42. The van der Waals surface area contributed by atoms with Crippen LogP contribution in [0.2, 0.25) is 0 Å². The van der Waals surface area contributed by atoms with Gasteiger partial charge in [-0.1, -0.05) is 30.3 Å². The highest BCUT2D eigenvalue weighted by Gasteiger charge is 2.30. The van der Waals surface area contributed by atoms with Crippen molar-refractivity contribution < 1.29 is 18.0 Å². The summed E-state index contributed by atoms with van der Waals surface area (Å²) < 4.78 is 40.1. The summed E-state index contributed by atoms with van der Waals surface area (Å²) in [5.74, 6) is -0.0353. The lowest BCUT2D eigenvalue weighted by Gasteiger charge is -2.14. The zero-order chi connectivity index (χ0) is 24.7. The van der Waals surface area contributed by atoms with E-state index in [1.165, 1.54) is 23.7 Å². The van der Waals surface area contributed by atoms with Gasteiger partial charge in [-0.15, -0.1) is 11.3 Å². The Hall–Kier alpha value is -4.05. The third-order valence-electron chi connectivity index (χ3n) is 5.73. The van der Waals surface area contributed by atoms with Crippen molar-refractivity contribution in [2.24, 2.45) is 0 Å². The number of amides is 1. The number of nitrogens with one attached hydrogen (secondary N) is 1. The van der Waals surface area contributed by atoms with Crippen LogP contribution in [0.5, 0.6) is 0 Å². The summed E-state index contributed by atoms with van der Waals surface area (Å²) in [4.78, 5) is 25.8. The lowest BCUT2D eigenvalue weighted by molar-refractivity contribution is -0.137. The molecule has 3 heterocycles. The van der Waals surface area contributed by atoms with Crippen LogP contribution in [0.15, 0.2) is 60.4 Å². The number of thiophene rings is 1. The molecule has 6 nitrogen and oxygen atoms in total. The van der Waals surface area contributed by atoms with Gasteiger partial charge in [-0.2, -0.15) is 13.2 Å². The number of aryl methyl sites for hydroxylation is 1. The number of nitrogens with two attached hydrogens (primary N) is 1. The van der Waals surface area contributed by atoms with Crippen LogP contribution in [0, 0.1) is 6.92 Å². The molecule has 0 aliphatic heterocycles. The maximum absolute atomic E-state index is 13.2. The number of carbonyl (C=O) groups excluding carboxylic acids is 1. The molecule has 0 fully saturated rings. The fourth-order valence-electron chi connectivity index (χ4n) is 3.99. The Morgan fingerprint density at radius 3 is 2.71 bits per heavy atom. The average Bonchev–Trinajstić information content (AvgIpc) is 3.26. The van der Waals surface area contributed by atoms with Crippen molar-refractivity contribution in [3.8, 4) is 0 Å². The van der Waals surface area contributed by atoms with Gasteiger partial charge in [0.2, 0.25) is 0 Å².